The van der Waals surface area contributed by atoms with Crippen LogP contribution >= 0.6 is 0 Å². The lowest BCUT2D eigenvalue weighted by atomic mass is 9.94. The maximum absolute atomic E-state index is 12.6. The smallest absolute Gasteiger partial charge is 0.340 e. The average Bonchev–Trinajstić information content (AvgIpc) is 3.14. The van der Waals surface area contributed by atoms with E-state index in [1.807, 2.05) is 24.3 Å². The predicted molar refractivity (Wildman–Crippen MR) is 101 cm³/mol. The minimum atomic E-state index is -0.546. The van der Waals surface area contributed by atoms with Crippen molar-refractivity contribution in [2.45, 2.75) is 38.1 Å². The molecule has 0 saturated heterocycles. The molecule has 0 atom stereocenters. The molecule has 2 aromatic rings. The van der Waals surface area contributed by atoms with Crippen molar-refractivity contribution < 1.29 is 23.8 Å². The number of methoxy groups -OCH3 is 3. The molecule has 1 aliphatic carbocycles. The number of rotatable bonds is 5. The molecular formula is C21H25NO5. The summed E-state index contributed by atoms with van der Waals surface area (Å²) in [7, 11) is 4.24. The first kappa shape index (κ1) is 19.0. The van der Waals surface area contributed by atoms with Crippen LogP contribution < -0.4 is 4.74 Å². The summed E-state index contributed by atoms with van der Waals surface area (Å²) < 4.78 is 17.2. The molecule has 27 heavy (non-hydrogen) atoms. The van der Waals surface area contributed by atoms with Crippen LogP contribution in [0.3, 0.4) is 0 Å². The van der Waals surface area contributed by atoms with Gasteiger partial charge in [-0.25, -0.2) is 9.59 Å². The Balaban J connectivity index is 2.22. The second kappa shape index (κ2) is 8.29. The van der Waals surface area contributed by atoms with Crippen molar-refractivity contribution in [2.24, 2.45) is 0 Å². The molecule has 0 bridgehead atoms. The van der Waals surface area contributed by atoms with E-state index < -0.39 is 11.9 Å². The van der Waals surface area contributed by atoms with Crippen molar-refractivity contribution in [3.8, 4) is 17.0 Å². The maximum atomic E-state index is 12.6. The van der Waals surface area contributed by atoms with Crippen LogP contribution in [0.2, 0.25) is 0 Å². The Morgan fingerprint density at radius 3 is 2.11 bits per heavy atom. The van der Waals surface area contributed by atoms with Gasteiger partial charge < -0.3 is 18.8 Å². The van der Waals surface area contributed by atoms with Gasteiger partial charge in [-0.15, -0.1) is 0 Å². The molecule has 1 aliphatic rings. The predicted octanol–water partition coefficient (Wildman–Crippen LogP) is 4.24. The third kappa shape index (κ3) is 3.70. The van der Waals surface area contributed by atoms with Crippen LogP contribution in [-0.2, 0) is 9.47 Å². The molecule has 0 N–H and O–H groups in total. The molecule has 0 spiro atoms. The van der Waals surface area contributed by atoms with Gasteiger partial charge in [0.25, 0.3) is 0 Å². The molecule has 0 radical (unpaired) electrons. The molecule has 3 rings (SSSR count). The van der Waals surface area contributed by atoms with Gasteiger partial charge in [0.1, 0.15) is 5.75 Å². The molecule has 1 fully saturated rings. The summed E-state index contributed by atoms with van der Waals surface area (Å²) in [4.78, 5) is 25.0. The van der Waals surface area contributed by atoms with Crippen LogP contribution in [0.25, 0.3) is 11.3 Å². The van der Waals surface area contributed by atoms with Crippen LogP contribution in [0.4, 0.5) is 0 Å². The quantitative estimate of drug-likeness (QED) is 0.736. The number of carbonyl (C=O) groups excluding carboxylic acids is 2. The zero-order valence-electron chi connectivity index (χ0n) is 16.0. The SMILES string of the molecule is COC(=O)c1cn(C2CCCCC2)c(-c2ccc(OC)cc2)c1C(=O)OC. The van der Waals surface area contributed by atoms with Gasteiger partial charge in [-0.3, -0.25) is 0 Å². The number of nitrogens with zero attached hydrogens (tertiary/aromatic N) is 1. The zero-order chi connectivity index (χ0) is 19.4. The normalized spacial score (nSPS) is 14.6. The number of hydrogen-bond donors (Lipinski definition) is 0. The van der Waals surface area contributed by atoms with Crippen LogP contribution in [0.1, 0.15) is 58.9 Å². The summed E-state index contributed by atoms with van der Waals surface area (Å²) in [6.07, 6.45) is 7.24. The number of ether oxygens (including phenoxy) is 3. The van der Waals surface area contributed by atoms with Gasteiger partial charge in [0.05, 0.1) is 38.2 Å². The average molecular weight is 371 g/mol. The van der Waals surface area contributed by atoms with Gasteiger partial charge in [-0.1, -0.05) is 19.3 Å². The van der Waals surface area contributed by atoms with E-state index in [2.05, 4.69) is 4.57 Å². The highest BCUT2D eigenvalue weighted by molar-refractivity contribution is 6.07. The van der Waals surface area contributed by atoms with Gasteiger partial charge in [0.2, 0.25) is 0 Å². The van der Waals surface area contributed by atoms with E-state index in [9.17, 15) is 9.59 Å². The van der Waals surface area contributed by atoms with Crippen molar-refractivity contribution in [2.75, 3.05) is 21.3 Å². The third-order valence-electron chi connectivity index (χ3n) is 5.16. The summed E-state index contributed by atoms with van der Waals surface area (Å²) in [5, 5.41) is 0. The lowest BCUT2D eigenvalue weighted by Crippen LogP contribution is -2.14. The molecule has 0 amide bonds. The molecule has 6 nitrogen and oxygen atoms in total. The number of hydrogen-bond acceptors (Lipinski definition) is 5. The largest absolute Gasteiger partial charge is 0.497 e. The van der Waals surface area contributed by atoms with Gasteiger partial charge in [-0.2, -0.15) is 0 Å². The number of esters is 2. The fourth-order valence-corrected chi connectivity index (χ4v) is 3.79. The Morgan fingerprint density at radius 2 is 1.56 bits per heavy atom. The molecule has 1 aromatic heterocycles. The molecule has 6 heteroatoms. The first-order valence-corrected chi connectivity index (χ1v) is 9.16. The Hall–Kier alpha value is -2.76. The van der Waals surface area contributed by atoms with Crippen molar-refractivity contribution in [3.63, 3.8) is 0 Å². The Labute approximate surface area is 159 Å². The van der Waals surface area contributed by atoms with Crippen LogP contribution in [0.15, 0.2) is 30.5 Å². The minimum Gasteiger partial charge on any atom is -0.497 e. The second-order valence-electron chi connectivity index (χ2n) is 6.68. The van der Waals surface area contributed by atoms with Crippen LogP contribution in [-0.4, -0.2) is 37.8 Å². The second-order valence-corrected chi connectivity index (χ2v) is 6.68. The maximum Gasteiger partial charge on any atom is 0.340 e. The number of aromatic nitrogens is 1. The van der Waals surface area contributed by atoms with E-state index in [0.717, 1.165) is 37.0 Å². The molecular weight excluding hydrogens is 346 g/mol. The monoisotopic (exact) mass is 371 g/mol. The highest BCUT2D eigenvalue weighted by Gasteiger charge is 2.31. The molecule has 1 saturated carbocycles. The van der Waals surface area contributed by atoms with Crippen molar-refractivity contribution in [3.05, 3.63) is 41.6 Å². The topological polar surface area (TPSA) is 66.8 Å². The fraction of sp³-hybridized carbons (Fsp3) is 0.429. The number of carbonyl (C=O) groups is 2. The molecule has 1 heterocycles. The third-order valence-corrected chi connectivity index (χ3v) is 5.16. The van der Waals surface area contributed by atoms with Crippen molar-refractivity contribution in [1.29, 1.82) is 0 Å². The Kier molecular flexibility index (Phi) is 5.84. The van der Waals surface area contributed by atoms with Gasteiger partial charge in [-0.05, 0) is 42.7 Å². The van der Waals surface area contributed by atoms with Gasteiger partial charge in [0.15, 0.2) is 0 Å². The summed E-state index contributed by atoms with van der Waals surface area (Å²) in [6, 6.07) is 7.69. The summed E-state index contributed by atoms with van der Waals surface area (Å²) >= 11 is 0. The highest BCUT2D eigenvalue weighted by Crippen LogP contribution is 2.38. The van der Waals surface area contributed by atoms with E-state index in [1.165, 1.54) is 20.6 Å². The van der Waals surface area contributed by atoms with E-state index in [-0.39, 0.29) is 17.2 Å². The van der Waals surface area contributed by atoms with Gasteiger partial charge >= 0.3 is 11.9 Å². The highest BCUT2D eigenvalue weighted by atomic mass is 16.5. The first-order chi connectivity index (χ1) is 13.1. The van der Waals surface area contributed by atoms with E-state index in [0.29, 0.717) is 5.69 Å². The molecule has 0 aliphatic heterocycles. The van der Waals surface area contributed by atoms with Crippen molar-refractivity contribution in [1.82, 2.24) is 4.57 Å². The van der Waals surface area contributed by atoms with Crippen molar-refractivity contribution >= 4 is 11.9 Å². The fourth-order valence-electron chi connectivity index (χ4n) is 3.79. The van der Waals surface area contributed by atoms with Crippen LogP contribution in [0.5, 0.6) is 5.75 Å². The minimum absolute atomic E-state index is 0.234. The van der Waals surface area contributed by atoms with E-state index in [1.54, 1.807) is 13.3 Å². The lowest BCUT2D eigenvalue weighted by molar-refractivity contribution is 0.0557. The molecule has 1 aromatic carbocycles. The molecule has 0 unspecified atom stereocenters. The Morgan fingerprint density at radius 1 is 0.926 bits per heavy atom. The van der Waals surface area contributed by atoms with Crippen LogP contribution in [0, 0.1) is 0 Å². The standard InChI is InChI=1S/C21H25NO5/c1-25-16-11-9-14(10-12-16)19-18(21(24)27-3)17(20(23)26-2)13-22(19)15-7-5-4-6-8-15/h9-13,15H,4-8H2,1-3H3. The summed E-state index contributed by atoms with van der Waals surface area (Å²) in [5.41, 5.74) is 2.01. The van der Waals surface area contributed by atoms with E-state index in [4.69, 9.17) is 14.2 Å². The molecule has 144 valence electrons. The number of benzene rings is 1. The summed E-state index contributed by atoms with van der Waals surface area (Å²) in [5.74, 6) is -0.363. The van der Waals surface area contributed by atoms with E-state index >= 15 is 0 Å². The lowest BCUT2D eigenvalue weighted by Gasteiger charge is -2.26. The summed E-state index contributed by atoms with van der Waals surface area (Å²) in [6.45, 7) is 0. The van der Waals surface area contributed by atoms with Gasteiger partial charge in [0, 0.05) is 12.2 Å². The first-order valence-electron chi connectivity index (χ1n) is 9.16. The Bertz CT molecular complexity index is 816. The zero-order valence-corrected chi connectivity index (χ0v) is 16.0.